The Morgan fingerprint density at radius 3 is 2.18 bits per heavy atom. The Kier molecular flexibility index (Phi) is 22.7. The van der Waals surface area contributed by atoms with Gasteiger partial charge in [-0.15, -0.1) is 0 Å². The van der Waals surface area contributed by atoms with Crippen molar-refractivity contribution in [3.8, 4) is 0 Å². The minimum atomic E-state index is -4.66. The monoisotopic (exact) mass is 888 g/mol. The van der Waals surface area contributed by atoms with Gasteiger partial charge in [-0.25, -0.2) is 9.55 Å². The number of carbonyl (C=O) groups excluding carboxylic acids is 6. The number of aromatic nitrogens is 2. The second-order valence-electron chi connectivity index (χ2n) is 16.8. The molecule has 62 heavy (non-hydrogen) atoms. The van der Waals surface area contributed by atoms with E-state index in [0.29, 0.717) is 31.5 Å². The summed E-state index contributed by atoms with van der Waals surface area (Å²) < 4.78 is 23.2. The minimum absolute atomic E-state index is 0.0108. The number of likely N-dealkylation sites (tertiary alicyclic amines) is 1. The van der Waals surface area contributed by atoms with Crippen LogP contribution in [-0.2, 0) is 55.2 Å². The number of phosphoric acid groups is 1. The third kappa shape index (κ3) is 18.6. The second-order valence-corrected chi connectivity index (χ2v) is 18.2. The average molecular weight is 889 g/mol. The zero-order valence-electron chi connectivity index (χ0n) is 36.8. The summed E-state index contributed by atoms with van der Waals surface area (Å²) in [7, 11) is -4.66. The minimum Gasteiger partial charge on any atom is -0.394 e. The van der Waals surface area contributed by atoms with Gasteiger partial charge in [0.05, 0.1) is 43.5 Å². The smallest absolute Gasteiger partial charge is 0.394 e. The number of nitrogens with zero attached hydrogens (tertiary/aromatic N) is 2. The van der Waals surface area contributed by atoms with Gasteiger partial charge in [0.1, 0.15) is 12.1 Å². The molecule has 1 aliphatic rings. The van der Waals surface area contributed by atoms with Crippen molar-refractivity contribution in [1.82, 2.24) is 25.5 Å². The number of phosphoric ester groups is 1. The van der Waals surface area contributed by atoms with Gasteiger partial charge in [0.2, 0.25) is 23.6 Å². The number of aryl methyl sites for hydroxylation is 1. The average Bonchev–Trinajstić information content (AvgIpc) is 3.93. The van der Waals surface area contributed by atoms with E-state index in [1.165, 1.54) is 36.8 Å². The molecule has 0 aliphatic carbocycles. The Hall–Kier alpha value is -4.28. The number of aliphatic hydroxyl groups excluding tert-OH is 1. The maximum Gasteiger partial charge on any atom is 0.472 e. The van der Waals surface area contributed by atoms with Crippen LogP contribution in [0.2, 0.25) is 0 Å². The van der Waals surface area contributed by atoms with Gasteiger partial charge < -0.3 is 36.3 Å². The summed E-state index contributed by atoms with van der Waals surface area (Å²) in [5, 5.41) is 15.5. The Bertz CT molecular complexity index is 1760. The lowest BCUT2D eigenvalue weighted by molar-refractivity contribution is -0.138. The third-order valence-corrected chi connectivity index (χ3v) is 12.3. The molecule has 0 spiro atoms. The molecule has 2 heterocycles. The maximum absolute atomic E-state index is 13.9. The van der Waals surface area contributed by atoms with Crippen molar-refractivity contribution in [2.75, 3.05) is 19.8 Å². The van der Waals surface area contributed by atoms with Crippen LogP contribution in [0.4, 0.5) is 0 Å². The molecule has 1 aromatic heterocycles. The number of imidazole rings is 1. The summed E-state index contributed by atoms with van der Waals surface area (Å²) in [5.74, 6) is -6.26. The van der Waals surface area contributed by atoms with Gasteiger partial charge in [-0.3, -0.25) is 37.8 Å². The molecule has 346 valence electrons. The predicted molar refractivity (Wildman–Crippen MR) is 232 cm³/mol. The van der Waals surface area contributed by atoms with Crippen molar-refractivity contribution in [2.45, 2.75) is 148 Å². The van der Waals surface area contributed by atoms with E-state index < -0.39 is 86.2 Å². The topological polar surface area (TPSA) is 260 Å². The van der Waals surface area contributed by atoms with Gasteiger partial charge in [0.15, 0.2) is 11.6 Å². The molecule has 1 fully saturated rings. The first-order valence-corrected chi connectivity index (χ1v) is 23.5. The fourth-order valence-corrected chi connectivity index (χ4v) is 8.72. The zero-order valence-corrected chi connectivity index (χ0v) is 37.7. The van der Waals surface area contributed by atoms with Crippen molar-refractivity contribution >= 4 is 43.0 Å². The van der Waals surface area contributed by atoms with Gasteiger partial charge >= 0.3 is 7.82 Å². The highest BCUT2D eigenvalue weighted by atomic mass is 31.2. The summed E-state index contributed by atoms with van der Waals surface area (Å²) in [5.41, 5.74) is 7.45. The quantitative estimate of drug-likeness (QED) is 0.0452. The second kappa shape index (κ2) is 27.0. The highest BCUT2D eigenvalue weighted by Crippen LogP contribution is 2.46. The molecule has 7 N–H and O–H groups in total. The predicted octanol–water partition coefficient (Wildman–Crippen LogP) is 4.49. The fraction of sp³-hybridized carbons (Fsp3) is 0.659. The van der Waals surface area contributed by atoms with Crippen LogP contribution >= 0.6 is 7.82 Å². The molecule has 0 radical (unpaired) electrons. The number of amides is 4. The number of carbonyl (C=O) groups is 6. The number of unbranched alkanes of at least 4 members (excludes halogenated alkanes) is 7. The SMILES string of the molecule is CC(=O)N1CCC[C@H]1C(=O)N[C@@H](CC(C)C)C(=O)C[C@@H](Cc1cnc[nH]1)C(=O)N[C@@H](CO)C(=O)C[C@H](C(N)=O)[C@@H](C)OP(=O)(O)OCCCCCCCCCCc1ccccc1. The molecular weight excluding hydrogens is 819 g/mol. The molecule has 1 aromatic carbocycles. The number of primary amides is 1. The number of nitrogens with one attached hydrogen (secondary N) is 3. The number of Topliss-reactive ketones (excluding diaryl/α,β-unsaturated/α-hetero) is 2. The summed E-state index contributed by atoms with van der Waals surface area (Å²) >= 11 is 0. The number of hydrogen-bond donors (Lipinski definition) is 6. The largest absolute Gasteiger partial charge is 0.472 e. The number of H-pyrrole nitrogens is 1. The standard InChI is InChI=1S/C44H69N6O11P/c1-30(2)23-37(48-44(57)39-20-16-21-50(39)32(4)52)40(53)25-34(24-35-27-46-29-47-35)43(56)49-38(28-51)41(54)26-36(42(45)55)31(3)61-62(58,59)60-22-15-10-8-6-5-7-9-12-17-33-18-13-11-14-19-33/h11,13-14,18-19,27,29-31,34,36-39,51H,5-10,12,15-17,20-26,28H2,1-4H3,(H2,45,55)(H,46,47)(H,48,57)(H,49,56)(H,58,59)/t31-,34-,36+,37+,38+,39+/m1/s1. The van der Waals surface area contributed by atoms with E-state index in [2.05, 4.69) is 44.9 Å². The van der Waals surface area contributed by atoms with Crippen LogP contribution in [0.5, 0.6) is 0 Å². The van der Waals surface area contributed by atoms with Crippen LogP contribution in [0.25, 0.3) is 0 Å². The molecule has 0 bridgehead atoms. The summed E-state index contributed by atoms with van der Waals surface area (Å²) in [4.78, 5) is 97.8. The molecule has 17 nitrogen and oxygen atoms in total. The number of nitrogens with two attached hydrogens (primary N) is 1. The number of ketones is 2. The van der Waals surface area contributed by atoms with E-state index in [0.717, 1.165) is 51.4 Å². The molecule has 18 heteroatoms. The lowest BCUT2D eigenvalue weighted by atomic mass is 9.89. The van der Waals surface area contributed by atoms with Crippen molar-refractivity contribution in [3.05, 3.63) is 54.1 Å². The number of benzene rings is 1. The molecule has 2 aromatic rings. The summed E-state index contributed by atoms with van der Waals surface area (Å²) in [6.45, 7) is 5.96. The first-order valence-electron chi connectivity index (χ1n) is 22.0. The lowest BCUT2D eigenvalue weighted by Gasteiger charge is -2.27. The highest BCUT2D eigenvalue weighted by molar-refractivity contribution is 7.47. The van der Waals surface area contributed by atoms with E-state index in [-0.39, 0.29) is 37.7 Å². The highest BCUT2D eigenvalue weighted by Gasteiger charge is 2.38. The van der Waals surface area contributed by atoms with E-state index in [1.807, 2.05) is 19.9 Å². The molecular formula is C44H69N6O11P. The number of rotatable bonds is 31. The van der Waals surface area contributed by atoms with Crippen LogP contribution in [0, 0.1) is 17.8 Å². The van der Waals surface area contributed by atoms with E-state index in [9.17, 15) is 43.3 Å². The first-order chi connectivity index (χ1) is 29.5. The molecule has 1 saturated heterocycles. The van der Waals surface area contributed by atoms with Crippen LogP contribution in [0.3, 0.4) is 0 Å². The zero-order chi connectivity index (χ0) is 45.7. The van der Waals surface area contributed by atoms with Crippen LogP contribution in [0.1, 0.15) is 122 Å². The van der Waals surface area contributed by atoms with Gasteiger partial charge in [0, 0.05) is 44.6 Å². The van der Waals surface area contributed by atoms with Crippen molar-refractivity contribution < 1.29 is 52.4 Å². The molecule has 7 atom stereocenters. The Morgan fingerprint density at radius 1 is 0.935 bits per heavy atom. The Morgan fingerprint density at radius 2 is 1.58 bits per heavy atom. The number of aliphatic hydroxyl groups is 1. The summed E-state index contributed by atoms with van der Waals surface area (Å²) in [6, 6.07) is 7.19. The van der Waals surface area contributed by atoms with Crippen molar-refractivity contribution in [3.63, 3.8) is 0 Å². The van der Waals surface area contributed by atoms with E-state index in [1.54, 1.807) is 0 Å². The molecule has 0 saturated carbocycles. The Labute approximate surface area is 365 Å². The van der Waals surface area contributed by atoms with Gasteiger partial charge in [-0.1, -0.05) is 82.7 Å². The number of aromatic amines is 1. The van der Waals surface area contributed by atoms with Crippen LogP contribution < -0.4 is 16.4 Å². The van der Waals surface area contributed by atoms with Crippen LogP contribution in [-0.4, -0.2) is 104 Å². The van der Waals surface area contributed by atoms with Gasteiger partial charge in [-0.2, -0.15) is 0 Å². The van der Waals surface area contributed by atoms with Gasteiger partial charge in [-0.05, 0) is 56.9 Å². The third-order valence-electron chi connectivity index (χ3n) is 11.2. The van der Waals surface area contributed by atoms with E-state index >= 15 is 0 Å². The normalized spacial score (nSPS) is 17.4. The summed E-state index contributed by atoms with van der Waals surface area (Å²) in [6.07, 6.45) is 10.8. The molecule has 1 aliphatic heterocycles. The molecule has 1 unspecified atom stereocenters. The van der Waals surface area contributed by atoms with Gasteiger partial charge in [0.25, 0.3) is 0 Å². The molecule has 4 amide bonds. The first kappa shape index (κ1) is 52.1. The molecule has 3 rings (SSSR count). The van der Waals surface area contributed by atoms with Crippen molar-refractivity contribution in [1.29, 1.82) is 0 Å². The lowest BCUT2D eigenvalue weighted by Crippen LogP contribution is -2.52. The maximum atomic E-state index is 13.9. The van der Waals surface area contributed by atoms with Crippen molar-refractivity contribution in [2.24, 2.45) is 23.5 Å². The van der Waals surface area contributed by atoms with Crippen LogP contribution in [0.15, 0.2) is 42.9 Å². The Balaban J connectivity index is 1.52. The number of hydrogen-bond acceptors (Lipinski definition) is 11. The fourth-order valence-electron chi connectivity index (χ4n) is 7.74. The van der Waals surface area contributed by atoms with E-state index in [4.69, 9.17) is 14.8 Å².